The monoisotopic (exact) mass is 325 g/mol. The van der Waals surface area contributed by atoms with E-state index in [1.807, 2.05) is 0 Å². The zero-order valence-corrected chi connectivity index (χ0v) is 13.2. The standard InChI is InChI=1S/C15H19N3O3.ClH/c1-9-11(3-2-6-16-9)18-15(20)10-4-5-13-12(7-10)17-14(19)8-21-13;/h4-5,7,9,11,16H,2-3,6,8H2,1H3,(H,17,19)(H,18,20);1H. The Morgan fingerprint density at radius 1 is 1.41 bits per heavy atom. The van der Waals surface area contributed by atoms with Crippen LogP contribution in [0.1, 0.15) is 30.1 Å². The number of carbonyl (C=O) groups excluding carboxylic acids is 2. The first-order chi connectivity index (χ1) is 10.1. The second-order valence-corrected chi connectivity index (χ2v) is 5.51. The van der Waals surface area contributed by atoms with Gasteiger partial charge in [0.15, 0.2) is 6.61 Å². The van der Waals surface area contributed by atoms with E-state index in [0.717, 1.165) is 19.4 Å². The van der Waals surface area contributed by atoms with Gasteiger partial charge in [-0.15, -0.1) is 12.4 Å². The molecule has 0 radical (unpaired) electrons. The number of ether oxygens (including phenoxy) is 1. The molecule has 7 heteroatoms. The third-order valence-corrected chi connectivity index (χ3v) is 3.95. The number of hydrogen-bond acceptors (Lipinski definition) is 4. The van der Waals surface area contributed by atoms with Crippen molar-refractivity contribution in [3.63, 3.8) is 0 Å². The molecule has 3 rings (SSSR count). The van der Waals surface area contributed by atoms with E-state index < -0.39 is 0 Å². The topological polar surface area (TPSA) is 79.5 Å². The van der Waals surface area contributed by atoms with E-state index >= 15 is 0 Å². The van der Waals surface area contributed by atoms with E-state index in [1.165, 1.54) is 0 Å². The Labute approximate surface area is 135 Å². The largest absolute Gasteiger partial charge is 0.482 e. The van der Waals surface area contributed by atoms with Crippen LogP contribution in [0.4, 0.5) is 5.69 Å². The van der Waals surface area contributed by atoms with Crippen molar-refractivity contribution in [1.82, 2.24) is 10.6 Å². The van der Waals surface area contributed by atoms with Gasteiger partial charge in [0, 0.05) is 17.6 Å². The first-order valence-corrected chi connectivity index (χ1v) is 7.24. The molecular weight excluding hydrogens is 306 g/mol. The molecule has 2 unspecified atom stereocenters. The Hall–Kier alpha value is -1.79. The molecule has 1 fully saturated rings. The van der Waals surface area contributed by atoms with Crippen LogP contribution in [0, 0.1) is 0 Å². The average Bonchev–Trinajstić information content (AvgIpc) is 2.48. The van der Waals surface area contributed by atoms with Gasteiger partial charge in [-0.25, -0.2) is 0 Å². The Morgan fingerprint density at radius 3 is 3.00 bits per heavy atom. The number of nitrogens with one attached hydrogen (secondary N) is 3. The molecule has 1 aromatic rings. The van der Waals surface area contributed by atoms with Crippen LogP contribution in [-0.4, -0.2) is 37.0 Å². The number of fused-ring (bicyclic) bond motifs is 1. The van der Waals surface area contributed by atoms with E-state index in [-0.39, 0.29) is 42.9 Å². The van der Waals surface area contributed by atoms with E-state index in [1.54, 1.807) is 18.2 Å². The number of benzene rings is 1. The molecule has 0 saturated carbocycles. The molecule has 6 nitrogen and oxygen atoms in total. The summed E-state index contributed by atoms with van der Waals surface area (Å²) in [4.78, 5) is 23.7. The Kier molecular flexibility index (Phi) is 5.26. The van der Waals surface area contributed by atoms with Crippen molar-refractivity contribution in [2.75, 3.05) is 18.5 Å². The Morgan fingerprint density at radius 2 is 2.23 bits per heavy atom. The molecule has 120 valence electrons. The lowest BCUT2D eigenvalue weighted by molar-refractivity contribution is -0.118. The lowest BCUT2D eigenvalue weighted by atomic mass is 9.99. The summed E-state index contributed by atoms with van der Waals surface area (Å²) < 4.78 is 5.28. The van der Waals surface area contributed by atoms with Crippen molar-refractivity contribution in [2.45, 2.75) is 31.8 Å². The van der Waals surface area contributed by atoms with Gasteiger partial charge in [-0.3, -0.25) is 9.59 Å². The molecule has 22 heavy (non-hydrogen) atoms. The molecule has 2 aliphatic heterocycles. The number of amides is 2. The highest BCUT2D eigenvalue weighted by Crippen LogP contribution is 2.28. The van der Waals surface area contributed by atoms with Crippen LogP contribution in [0.5, 0.6) is 5.75 Å². The van der Waals surface area contributed by atoms with Crippen LogP contribution < -0.4 is 20.7 Å². The SMILES string of the molecule is CC1NCCCC1NC(=O)c1ccc2c(c1)NC(=O)CO2.Cl. The molecule has 2 heterocycles. The third kappa shape index (κ3) is 3.51. The maximum absolute atomic E-state index is 12.3. The van der Waals surface area contributed by atoms with Crippen LogP contribution in [0.3, 0.4) is 0 Å². The lowest BCUT2D eigenvalue weighted by Gasteiger charge is -2.30. The normalized spacial score (nSPS) is 23.4. The summed E-state index contributed by atoms with van der Waals surface area (Å²) in [6.07, 6.45) is 2.04. The average molecular weight is 326 g/mol. The van der Waals surface area contributed by atoms with Gasteiger partial charge in [0.25, 0.3) is 11.8 Å². The summed E-state index contributed by atoms with van der Waals surface area (Å²) >= 11 is 0. The van der Waals surface area contributed by atoms with Crippen LogP contribution in [0.2, 0.25) is 0 Å². The molecule has 2 atom stereocenters. The van der Waals surface area contributed by atoms with Crippen molar-refractivity contribution < 1.29 is 14.3 Å². The molecule has 0 aliphatic carbocycles. The van der Waals surface area contributed by atoms with Gasteiger partial charge in [-0.1, -0.05) is 0 Å². The number of piperidine rings is 1. The number of carbonyl (C=O) groups is 2. The first-order valence-electron chi connectivity index (χ1n) is 7.24. The van der Waals surface area contributed by atoms with E-state index in [2.05, 4.69) is 22.9 Å². The number of halogens is 1. The van der Waals surface area contributed by atoms with Gasteiger partial charge in [-0.05, 0) is 44.5 Å². The fraction of sp³-hybridized carbons (Fsp3) is 0.467. The summed E-state index contributed by atoms with van der Waals surface area (Å²) in [5.41, 5.74) is 1.08. The first kappa shape index (κ1) is 16.6. The Bertz CT molecular complexity index is 579. The van der Waals surface area contributed by atoms with Crippen LogP contribution in [-0.2, 0) is 4.79 Å². The highest BCUT2D eigenvalue weighted by Gasteiger charge is 2.24. The summed E-state index contributed by atoms with van der Waals surface area (Å²) in [6.45, 7) is 3.09. The van der Waals surface area contributed by atoms with E-state index in [9.17, 15) is 9.59 Å². The minimum atomic E-state index is -0.204. The molecular formula is C15H20ClN3O3. The number of anilines is 1. The van der Waals surface area contributed by atoms with Crippen molar-refractivity contribution >= 4 is 29.9 Å². The predicted molar refractivity (Wildman–Crippen MR) is 85.8 cm³/mol. The van der Waals surface area contributed by atoms with Gasteiger partial charge in [0.1, 0.15) is 5.75 Å². The molecule has 0 spiro atoms. The summed E-state index contributed by atoms with van der Waals surface area (Å²) in [6, 6.07) is 5.48. The number of rotatable bonds is 2. The summed E-state index contributed by atoms with van der Waals surface area (Å²) in [7, 11) is 0. The van der Waals surface area contributed by atoms with Gasteiger partial charge < -0.3 is 20.7 Å². The maximum atomic E-state index is 12.3. The Balaban J connectivity index is 0.00000176. The minimum absolute atomic E-state index is 0. The summed E-state index contributed by atoms with van der Waals surface area (Å²) in [5.74, 6) is 0.266. The van der Waals surface area contributed by atoms with Crippen LogP contribution >= 0.6 is 12.4 Å². The van der Waals surface area contributed by atoms with Gasteiger partial charge in [0.2, 0.25) is 0 Å². The molecule has 2 amide bonds. The quantitative estimate of drug-likeness (QED) is 0.766. The second-order valence-electron chi connectivity index (χ2n) is 5.51. The zero-order valence-electron chi connectivity index (χ0n) is 12.3. The summed E-state index contributed by atoms with van der Waals surface area (Å²) in [5, 5.41) is 9.11. The van der Waals surface area contributed by atoms with Gasteiger partial charge in [0.05, 0.1) is 5.69 Å². The van der Waals surface area contributed by atoms with Gasteiger partial charge >= 0.3 is 0 Å². The molecule has 2 aliphatic rings. The predicted octanol–water partition coefficient (Wildman–Crippen LogP) is 1.31. The van der Waals surface area contributed by atoms with E-state index in [0.29, 0.717) is 17.0 Å². The van der Waals surface area contributed by atoms with Gasteiger partial charge in [-0.2, -0.15) is 0 Å². The fourth-order valence-electron chi connectivity index (χ4n) is 2.72. The lowest BCUT2D eigenvalue weighted by Crippen LogP contribution is -2.51. The van der Waals surface area contributed by atoms with Crippen molar-refractivity contribution in [1.29, 1.82) is 0 Å². The third-order valence-electron chi connectivity index (χ3n) is 3.95. The van der Waals surface area contributed by atoms with Crippen LogP contribution in [0.15, 0.2) is 18.2 Å². The van der Waals surface area contributed by atoms with Crippen molar-refractivity contribution in [3.05, 3.63) is 23.8 Å². The molecule has 3 N–H and O–H groups in total. The molecule has 0 aromatic heterocycles. The maximum Gasteiger partial charge on any atom is 0.262 e. The minimum Gasteiger partial charge on any atom is -0.482 e. The van der Waals surface area contributed by atoms with E-state index in [4.69, 9.17) is 4.74 Å². The van der Waals surface area contributed by atoms with Crippen molar-refractivity contribution in [2.24, 2.45) is 0 Å². The second kappa shape index (κ2) is 6.98. The molecule has 1 aromatic carbocycles. The smallest absolute Gasteiger partial charge is 0.262 e. The highest BCUT2D eigenvalue weighted by molar-refractivity contribution is 5.99. The highest BCUT2D eigenvalue weighted by atomic mass is 35.5. The number of hydrogen-bond donors (Lipinski definition) is 3. The fourth-order valence-corrected chi connectivity index (χ4v) is 2.72. The van der Waals surface area contributed by atoms with Crippen LogP contribution in [0.25, 0.3) is 0 Å². The van der Waals surface area contributed by atoms with Crippen molar-refractivity contribution in [3.8, 4) is 5.75 Å². The molecule has 0 bridgehead atoms. The molecule has 1 saturated heterocycles. The zero-order chi connectivity index (χ0) is 14.8.